The van der Waals surface area contributed by atoms with E-state index in [0.29, 0.717) is 13.0 Å². The fraction of sp³-hybridized carbons (Fsp3) is 0.409. The van der Waals surface area contributed by atoms with E-state index < -0.39 is 40.7 Å². The molecule has 3 atom stereocenters. The highest BCUT2D eigenvalue weighted by Gasteiger charge is 2.70. The van der Waals surface area contributed by atoms with Crippen LogP contribution in [0.4, 0.5) is 23.2 Å². The highest BCUT2D eigenvalue weighted by Crippen LogP contribution is 2.66. The lowest BCUT2D eigenvalue weighted by atomic mass is 9.85. The van der Waals surface area contributed by atoms with Gasteiger partial charge in [-0.2, -0.15) is 13.2 Å². The predicted molar refractivity (Wildman–Crippen MR) is 124 cm³/mol. The molecule has 0 spiro atoms. The van der Waals surface area contributed by atoms with E-state index in [4.69, 9.17) is 5.73 Å². The number of hydrogen-bond donors (Lipinski definition) is 3. The Morgan fingerprint density at radius 1 is 1.28 bits per heavy atom. The summed E-state index contributed by atoms with van der Waals surface area (Å²) >= 11 is 1.17. The van der Waals surface area contributed by atoms with Gasteiger partial charge in [0.15, 0.2) is 11.8 Å². The summed E-state index contributed by atoms with van der Waals surface area (Å²) < 4.78 is 55.4. The van der Waals surface area contributed by atoms with E-state index in [2.05, 4.69) is 30.3 Å². The highest BCUT2D eigenvalue weighted by atomic mass is 32.2. The fourth-order valence-electron chi connectivity index (χ4n) is 4.23. The van der Waals surface area contributed by atoms with Gasteiger partial charge in [0, 0.05) is 23.7 Å². The number of aromatic nitrogens is 2. The first-order valence-corrected chi connectivity index (χ1v) is 11.6. The average Bonchev–Trinajstić information content (AvgIpc) is 3.56. The third-order valence-electron chi connectivity index (χ3n) is 5.95. The molecular formula is C22H22F4N6O3S. The van der Waals surface area contributed by atoms with Crippen molar-refractivity contribution in [3.05, 3.63) is 47.7 Å². The number of carbonyl (C=O) groups excluding carboxylic acids is 2. The van der Waals surface area contributed by atoms with E-state index in [9.17, 15) is 22.8 Å². The topological polar surface area (TPSA) is 132 Å². The van der Waals surface area contributed by atoms with Gasteiger partial charge >= 0.3 is 6.18 Å². The monoisotopic (exact) mass is 526 g/mol. The minimum Gasteiger partial charge on any atom is -0.467 e. The van der Waals surface area contributed by atoms with Crippen LogP contribution in [0.2, 0.25) is 0 Å². The van der Waals surface area contributed by atoms with Gasteiger partial charge in [0.05, 0.1) is 17.9 Å². The van der Waals surface area contributed by atoms with Gasteiger partial charge in [-0.3, -0.25) is 14.6 Å². The van der Waals surface area contributed by atoms with Gasteiger partial charge in [0.25, 0.3) is 5.91 Å². The minimum atomic E-state index is -4.54. The first-order valence-electron chi connectivity index (χ1n) is 10.8. The molecule has 14 heteroatoms. The molecule has 1 aromatic carbocycles. The average molecular weight is 527 g/mol. The number of carbonyl (C=O) groups is 2. The van der Waals surface area contributed by atoms with E-state index in [-0.39, 0.29) is 33.9 Å². The van der Waals surface area contributed by atoms with Crippen LogP contribution in [0.1, 0.15) is 36.3 Å². The van der Waals surface area contributed by atoms with Crippen LogP contribution in [-0.2, 0) is 10.3 Å². The molecule has 2 aliphatic rings. The van der Waals surface area contributed by atoms with Crippen LogP contribution >= 0.6 is 11.8 Å². The second-order valence-corrected chi connectivity index (χ2v) is 9.85. The highest BCUT2D eigenvalue weighted by molar-refractivity contribution is 8.15. The zero-order valence-electron chi connectivity index (χ0n) is 19.1. The molecule has 9 nitrogen and oxygen atoms in total. The van der Waals surface area contributed by atoms with Crippen molar-refractivity contribution < 1.29 is 31.9 Å². The first-order chi connectivity index (χ1) is 16.9. The molecule has 2 heterocycles. The van der Waals surface area contributed by atoms with E-state index in [0.717, 1.165) is 12.4 Å². The largest absolute Gasteiger partial charge is 0.467 e. The number of rotatable bonds is 7. The van der Waals surface area contributed by atoms with Gasteiger partial charge in [-0.15, -0.1) is 0 Å². The summed E-state index contributed by atoms with van der Waals surface area (Å²) in [4.78, 5) is 37.2. The number of amides is 2. The van der Waals surface area contributed by atoms with Crippen molar-refractivity contribution in [2.75, 3.05) is 18.5 Å². The lowest BCUT2D eigenvalue weighted by molar-refractivity contribution is -0.154. The number of alkyl halides is 3. The second kappa shape index (κ2) is 9.22. The molecule has 1 aliphatic heterocycles. The third kappa shape index (κ3) is 4.94. The molecule has 2 amide bonds. The van der Waals surface area contributed by atoms with E-state index in [1.54, 1.807) is 13.8 Å². The van der Waals surface area contributed by atoms with Crippen LogP contribution in [0, 0.1) is 11.7 Å². The minimum absolute atomic E-state index is 0.154. The van der Waals surface area contributed by atoms with Crippen molar-refractivity contribution >= 4 is 34.4 Å². The van der Waals surface area contributed by atoms with Crippen molar-refractivity contribution in [2.45, 2.75) is 36.7 Å². The maximum Gasteiger partial charge on any atom is 0.422 e. The quantitative estimate of drug-likeness (QED) is 0.473. The number of thioether (sulfide) groups is 1. The summed E-state index contributed by atoms with van der Waals surface area (Å²) in [5.74, 6) is -2.20. The van der Waals surface area contributed by atoms with Crippen molar-refractivity contribution in [3.8, 4) is 5.88 Å². The number of anilines is 1. The number of hydrogen-bond acceptors (Lipinski definition) is 8. The predicted octanol–water partition coefficient (Wildman–Crippen LogP) is 2.98. The molecule has 0 unspecified atom stereocenters. The van der Waals surface area contributed by atoms with Crippen LogP contribution in [0.3, 0.4) is 0 Å². The van der Waals surface area contributed by atoms with E-state index in [1.165, 1.54) is 30.0 Å². The molecular weight excluding hydrogens is 504 g/mol. The first kappa shape index (κ1) is 25.7. The zero-order valence-corrected chi connectivity index (χ0v) is 20.0. The lowest BCUT2D eigenvalue weighted by Gasteiger charge is -2.33. The molecule has 0 bridgehead atoms. The van der Waals surface area contributed by atoms with Crippen molar-refractivity contribution in [1.82, 2.24) is 15.3 Å². The number of aliphatic imine (C=N–C) groups is 1. The molecule has 0 radical (unpaired) electrons. The molecule has 2 aromatic rings. The number of nitrogens with two attached hydrogens (primary N) is 1. The van der Waals surface area contributed by atoms with Gasteiger partial charge in [-0.05, 0) is 38.5 Å². The maximum atomic E-state index is 15.0. The van der Waals surface area contributed by atoms with Gasteiger partial charge in [-0.1, -0.05) is 11.8 Å². The normalized spacial score (nSPS) is 24.8. The van der Waals surface area contributed by atoms with Crippen LogP contribution in [0.15, 0.2) is 35.6 Å². The molecule has 192 valence electrons. The molecule has 1 aliphatic carbocycles. The Hall–Kier alpha value is -3.42. The van der Waals surface area contributed by atoms with Crippen molar-refractivity contribution in [1.29, 1.82) is 0 Å². The van der Waals surface area contributed by atoms with Crippen LogP contribution in [-0.4, -0.2) is 51.0 Å². The van der Waals surface area contributed by atoms with E-state index >= 15 is 4.39 Å². The summed E-state index contributed by atoms with van der Waals surface area (Å²) in [7, 11) is 0. The second-order valence-electron chi connectivity index (χ2n) is 8.50. The Bertz CT molecular complexity index is 1230. The molecule has 36 heavy (non-hydrogen) atoms. The Kier molecular flexibility index (Phi) is 6.58. The summed E-state index contributed by atoms with van der Waals surface area (Å²) in [5, 5.41) is 5.52. The molecule has 1 saturated carbocycles. The molecule has 1 fully saturated rings. The lowest BCUT2D eigenvalue weighted by Crippen LogP contribution is -2.44. The summed E-state index contributed by atoms with van der Waals surface area (Å²) in [6.07, 6.45) is -2.23. The Labute approximate surface area is 207 Å². The van der Waals surface area contributed by atoms with Gasteiger partial charge in [0.1, 0.15) is 16.3 Å². The number of ether oxygens (including phenoxy) is 1. The van der Waals surface area contributed by atoms with Crippen molar-refractivity contribution in [3.63, 3.8) is 0 Å². The fourth-order valence-corrected chi connectivity index (χ4v) is 5.63. The number of amidine groups is 1. The SMILES string of the molecule is CCNC(=O)[C@]12C[C@H]1[C@@](C)(c1cc(NC(=O)c3cnc(OCC(F)(F)F)cn3)ccc1F)N=C(N)S2. The summed E-state index contributed by atoms with van der Waals surface area (Å²) in [5.41, 5.74) is 5.06. The Morgan fingerprint density at radius 2 is 2.03 bits per heavy atom. The van der Waals surface area contributed by atoms with Gasteiger partial charge < -0.3 is 21.1 Å². The number of halogens is 4. The third-order valence-corrected chi connectivity index (χ3v) is 7.25. The summed E-state index contributed by atoms with van der Waals surface area (Å²) in [6.45, 7) is 2.39. The maximum absolute atomic E-state index is 15.0. The Balaban J connectivity index is 1.53. The van der Waals surface area contributed by atoms with Crippen LogP contribution < -0.4 is 21.1 Å². The van der Waals surface area contributed by atoms with Gasteiger partial charge in [0.2, 0.25) is 11.8 Å². The van der Waals surface area contributed by atoms with Crippen molar-refractivity contribution in [2.24, 2.45) is 16.6 Å². The number of fused-ring (bicyclic) bond motifs is 1. The molecule has 4 N–H and O–H groups in total. The smallest absolute Gasteiger partial charge is 0.422 e. The zero-order chi connectivity index (χ0) is 26.3. The Morgan fingerprint density at radius 3 is 2.67 bits per heavy atom. The standard InChI is InChI=1S/C22H22F4N6O3S/c1-3-28-18(34)21-7-15(21)20(2,32-19(27)36-21)12-6-11(4-5-13(12)23)31-17(33)14-8-30-16(9-29-14)35-10-22(24,25)26/h4-6,8-9,15H,3,7,10H2,1-2H3,(H2,27,32)(H,28,34)(H,31,33)/t15-,20+,21-/m0/s1. The molecule has 4 rings (SSSR count). The molecule has 0 saturated heterocycles. The van der Waals surface area contributed by atoms with Crippen LogP contribution in [0.25, 0.3) is 0 Å². The van der Waals surface area contributed by atoms with Crippen LogP contribution in [0.5, 0.6) is 5.88 Å². The van der Waals surface area contributed by atoms with E-state index in [1.807, 2.05) is 0 Å². The number of benzene rings is 1. The summed E-state index contributed by atoms with van der Waals surface area (Å²) in [6, 6.07) is 3.91. The number of nitrogens with one attached hydrogen (secondary N) is 2. The van der Waals surface area contributed by atoms with Gasteiger partial charge in [-0.25, -0.2) is 14.4 Å². The number of nitrogens with zero attached hydrogens (tertiary/aromatic N) is 3. The molecule has 1 aromatic heterocycles.